The summed E-state index contributed by atoms with van der Waals surface area (Å²) in [5.74, 6) is -2.16. The minimum absolute atomic E-state index is 0.0753. The molecule has 7 heteroatoms. The Morgan fingerprint density at radius 3 is 2.50 bits per heavy atom. The number of carboxylic acids is 1. The van der Waals surface area contributed by atoms with Crippen LogP contribution in [-0.4, -0.2) is 59.4 Å². The van der Waals surface area contributed by atoms with Crippen LogP contribution < -0.4 is 0 Å². The average molecular weight is 362 g/mol. The summed E-state index contributed by atoms with van der Waals surface area (Å²) in [5, 5.41) is 9.14. The number of nitrogens with zero attached hydrogens (tertiary/aromatic N) is 2. The fourth-order valence-electron chi connectivity index (χ4n) is 3.67. The predicted molar refractivity (Wildman–Crippen MR) is 91.9 cm³/mol. The number of halogens is 1. The van der Waals surface area contributed by atoms with E-state index in [2.05, 4.69) is 0 Å². The lowest BCUT2D eigenvalue weighted by Crippen LogP contribution is -2.48. The van der Waals surface area contributed by atoms with Gasteiger partial charge in [-0.15, -0.1) is 0 Å². The third kappa shape index (κ3) is 3.57. The maximum absolute atomic E-state index is 13.1. The molecule has 1 aromatic rings. The van der Waals surface area contributed by atoms with Crippen molar-refractivity contribution in [2.45, 2.75) is 31.1 Å². The standard InChI is InChI=1S/C19H23FN2O4/c1-21(12-16(23)22-10-2-3-13(11-22)17(24)25)18(26)19(8-9-19)14-4-6-15(20)7-5-14/h4-7,13H,2-3,8-12H2,1H3,(H,24,25). The van der Waals surface area contributed by atoms with Gasteiger partial charge in [-0.2, -0.15) is 0 Å². The molecule has 6 nitrogen and oxygen atoms in total. The topological polar surface area (TPSA) is 77.9 Å². The van der Waals surface area contributed by atoms with Crippen molar-refractivity contribution in [1.82, 2.24) is 9.80 Å². The van der Waals surface area contributed by atoms with Crippen molar-refractivity contribution in [3.8, 4) is 0 Å². The number of aliphatic carboxylic acids is 1. The minimum atomic E-state index is -0.889. The van der Waals surface area contributed by atoms with Crippen molar-refractivity contribution >= 4 is 17.8 Å². The molecule has 0 aromatic heterocycles. The number of rotatable bonds is 5. The highest BCUT2D eigenvalue weighted by molar-refractivity contribution is 5.94. The SMILES string of the molecule is CN(CC(=O)N1CCCC(C(=O)O)C1)C(=O)C1(c2ccc(F)cc2)CC1. The van der Waals surface area contributed by atoms with E-state index in [4.69, 9.17) is 5.11 Å². The Kier molecular flexibility index (Phi) is 4.98. The van der Waals surface area contributed by atoms with Gasteiger partial charge in [0.15, 0.2) is 0 Å². The lowest BCUT2D eigenvalue weighted by molar-refractivity contribution is -0.147. The maximum Gasteiger partial charge on any atom is 0.308 e. The summed E-state index contributed by atoms with van der Waals surface area (Å²) in [6.07, 6.45) is 2.59. The lowest BCUT2D eigenvalue weighted by Gasteiger charge is -2.32. The molecule has 0 radical (unpaired) electrons. The van der Waals surface area contributed by atoms with Crippen LogP contribution in [-0.2, 0) is 19.8 Å². The zero-order chi connectivity index (χ0) is 18.9. The molecule has 26 heavy (non-hydrogen) atoms. The van der Waals surface area contributed by atoms with Gasteiger partial charge in [0.05, 0.1) is 17.9 Å². The van der Waals surface area contributed by atoms with E-state index in [0.29, 0.717) is 32.2 Å². The van der Waals surface area contributed by atoms with Gasteiger partial charge in [0, 0.05) is 20.1 Å². The molecule has 1 heterocycles. The number of carboxylic acid groups (broad SMARTS) is 1. The Balaban J connectivity index is 1.63. The van der Waals surface area contributed by atoms with Gasteiger partial charge in [-0.25, -0.2) is 4.39 Å². The molecule has 1 saturated heterocycles. The molecule has 1 aliphatic heterocycles. The second-order valence-corrected chi connectivity index (χ2v) is 7.27. The van der Waals surface area contributed by atoms with Gasteiger partial charge in [0.25, 0.3) is 0 Å². The largest absolute Gasteiger partial charge is 0.481 e. The summed E-state index contributed by atoms with van der Waals surface area (Å²) >= 11 is 0. The number of carbonyl (C=O) groups excluding carboxylic acids is 2. The Morgan fingerprint density at radius 1 is 1.27 bits per heavy atom. The highest BCUT2D eigenvalue weighted by Gasteiger charge is 2.52. The van der Waals surface area contributed by atoms with Crippen LogP contribution in [0, 0.1) is 11.7 Å². The van der Waals surface area contributed by atoms with E-state index in [1.165, 1.54) is 21.9 Å². The zero-order valence-electron chi connectivity index (χ0n) is 14.8. The van der Waals surface area contributed by atoms with Crippen LogP contribution in [0.4, 0.5) is 4.39 Å². The first kappa shape index (κ1) is 18.4. The number of likely N-dealkylation sites (N-methyl/N-ethyl adjacent to an activating group) is 1. The predicted octanol–water partition coefficient (Wildman–Crippen LogP) is 1.64. The van der Waals surface area contributed by atoms with E-state index >= 15 is 0 Å². The first-order valence-corrected chi connectivity index (χ1v) is 8.86. The van der Waals surface area contributed by atoms with Gasteiger partial charge in [-0.05, 0) is 43.4 Å². The fourth-order valence-corrected chi connectivity index (χ4v) is 3.67. The Hall–Kier alpha value is -2.44. The number of benzene rings is 1. The van der Waals surface area contributed by atoms with Crippen molar-refractivity contribution < 1.29 is 23.9 Å². The van der Waals surface area contributed by atoms with Crippen LogP contribution in [0.25, 0.3) is 0 Å². The van der Waals surface area contributed by atoms with Gasteiger partial charge in [-0.3, -0.25) is 14.4 Å². The highest BCUT2D eigenvalue weighted by Crippen LogP contribution is 2.49. The zero-order valence-corrected chi connectivity index (χ0v) is 14.8. The molecule has 2 aliphatic rings. The Morgan fingerprint density at radius 2 is 1.92 bits per heavy atom. The molecule has 1 aliphatic carbocycles. The van der Waals surface area contributed by atoms with E-state index in [1.54, 1.807) is 19.2 Å². The lowest BCUT2D eigenvalue weighted by atomic mass is 9.94. The molecule has 1 unspecified atom stereocenters. The molecular weight excluding hydrogens is 339 g/mol. The van der Waals surface area contributed by atoms with Crippen molar-refractivity contribution in [3.63, 3.8) is 0 Å². The van der Waals surface area contributed by atoms with Crippen LogP contribution in [0.2, 0.25) is 0 Å². The number of hydrogen-bond donors (Lipinski definition) is 1. The van der Waals surface area contributed by atoms with Crippen LogP contribution in [0.1, 0.15) is 31.2 Å². The van der Waals surface area contributed by atoms with Crippen molar-refractivity contribution in [2.75, 3.05) is 26.7 Å². The second-order valence-electron chi connectivity index (χ2n) is 7.27. The van der Waals surface area contributed by atoms with Gasteiger partial charge in [-0.1, -0.05) is 12.1 Å². The smallest absolute Gasteiger partial charge is 0.308 e. The van der Waals surface area contributed by atoms with E-state index < -0.39 is 17.3 Å². The summed E-state index contributed by atoms with van der Waals surface area (Å²) in [6.45, 7) is 0.640. The van der Waals surface area contributed by atoms with Gasteiger partial charge in [0.1, 0.15) is 5.82 Å². The first-order chi connectivity index (χ1) is 12.3. The number of carbonyl (C=O) groups is 3. The summed E-state index contributed by atoms with van der Waals surface area (Å²) in [6, 6.07) is 5.93. The number of piperidine rings is 1. The van der Waals surface area contributed by atoms with E-state index in [-0.39, 0.29) is 30.7 Å². The molecule has 1 N–H and O–H groups in total. The third-order valence-corrected chi connectivity index (χ3v) is 5.40. The van der Waals surface area contributed by atoms with E-state index in [1.807, 2.05) is 0 Å². The molecule has 140 valence electrons. The van der Waals surface area contributed by atoms with Crippen LogP contribution in [0.3, 0.4) is 0 Å². The summed E-state index contributed by atoms with van der Waals surface area (Å²) in [4.78, 5) is 39.5. The monoisotopic (exact) mass is 362 g/mol. The molecule has 2 amide bonds. The maximum atomic E-state index is 13.1. The Labute approximate surface area is 151 Å². The summed E-state index contributed by atoms with van der Waals surface area (Å²) in [5.41, 5.74) is 0.112. The normalized spacial score (nSPS) is 21.2. The molecule has 2 fully saturated rings. The molecule has 3 rings (SSSR count). The quantitative estimate of drug-likeness (QED) is 0.864. The van der Waals surface area contributed by atoms with Crippen molar-refractivity contribution in [2.24, 2.45) is 5.92 Å². The van der Waals surface area contributed by atoms with E-state index in [9.17, 15) is 18.8 Å². The van der Waals surface area contributed by atoms with E-state index in [0.717, 1.165) is 5.56 Å². The molecular formula is C19H23FN2O4. The Bertz CT molecular complexity index is 715. The molecule has 0 bridgehead atoms. The number of amides is 2. The molecule has 1 saturated carbocycles. The highest BCUT2D eigenvalue weighted by atomic mass is 19.1. The van der Waals surface area contributed by atoms with Crippen LogP contribution in [0.5, 0.6) is 0 Å². The van der Waals surface area contributed by atoms with Crippen molar-refractivity contribution in [1.29, 1.82) is 0 Å². The minimum Gasteiger partial charge on any atom is -0.481 e. The van der Waals surface area contributed by atoms with Gasteiger partial charge >= 0.3 is 5.97 Å². The third-order valence-electron chi connectivity index (χ3n) is 5.40. The van der Waals surface area contributed by atoms with Crippen LogP contribution in [0.15, 0.2) is 24.3 Å². The summed E-state index contributed by atoms with van der Waals surface area (Å²) in [7, 11) is 1.59. The van der Waals surface area contributed by atoms with Gasteiger partial charge < -0.3 is 14.9 Å². The van der Waals surface area contributed by atoms with Gasteiger partial charge in [0.2, 0.25) is 11.8 Å². The van der Waals surface area contributed by atoms with Crippen LogP contribution >= 0.6 is 0 Å². The van der Waals surface area contributed by atoms with Crippen molar-refractivity contribution in [3.05, 3.63) is 35.6 Å². The second kappa shape index (κ2) is 7.05. The number of hydrogen-bond acceptors (Lipinski definition) is 3. The molecule has 1 aromatic carbocycles. The fraction of sp³-hybridized carbons (Fsp3) is 0.526. The summed E-state index contributed by atoms with van der Waals surface area (Å²) < 4.78 is 13.1. The molecule has 0 spiro atoms. The average Bonchev–Trinajstić information content (AvgIpc) is 3.43. The number of likely N-dealkylation sites (tertiary alicyclic amines) is 1. The first-order valence-electron chi connectivity index (χ1n) is 8.86. The molecule has 1 atom stereocenters.